The lowest BCUT2D eigenvalue weighted by molar-refractivity contribution is 0.0589. The number of aryl methyl sites for hydroxylation is 1. The molecule has 0 bridgehead atoms. The molecule has 0 saturated carbocycles. The summed E-state index contributed by atoms with van der Waals surface area (Å²) in [6.07, 6.45) is 2.42. The summed E-state index contributed by atoms with van der Waals surface area (Å²) < 4.78 is 11.0. The van der Waals surface area contributed by atoms with Gasteiger partial charge in [-0.2, -0.15) is 0 Å². The Morgan fingerprint density at radius 1 is 1.28 bits per heavy atom. The fourth-order valence-electron chi connectivity index (χ4n) is 4.02. The van der Waals surface area contributed by atoms with E-state index in [1.54, 1.807) is 11.3 Å². The normalized spacial score (nSPS) is 16.6. The first-order valence-corrected chi connectivity index (χ1v) is 10.9. The second kappa shape index (κ2) is 9.03. The minimum atomic E-state index is -0.330. The third kappa shape index (κ3) is 4.50. The van der Waals surface area contributed by atoms with Crippen molar-refractivity contribution in [3.8, 4) is 0 Å². The van der Waals surface area contributed by atoms with Gasteiger partial charge in [0.1, 0.15) is 0 Å². The molecule has 0 radical (unpaired) electrons. The second-order valence-corrected chi connectivity index (χ2v) is 8.48. The molecule has 1 aliphatic heterocycles. The zero-order chi connectivity index (χ0) is 20.2. The van der Waals surface area contributed by atoms with Crippen LogP contribution in [0.5, 0.6) is 0 Å². The number of thiophene rings is 1. The maximum absolute atomic E-state index is 12.6. The predicted octanol–water partition coefficient (Wildman–Crippen LogP) is 4.57. The number of nitrogens with zero attached hydrogens (tertiary/aromatic N) is 2. The predicted molar refractivity (Wildman–Crippen MR) is 115 cm³/mol. The summed E-state index contributed by atoms with van der Waals surface area (Å²) in [5.41, 5.74) is 3.17. The van der Waals surface area contributed by atoms with Crippen molar-refractivity contribution in [2.24, 2.45) is 0 Å². The highest BCUT2D eigenvalue weighted by Crippen LogP contribution is 2.26. The zero-order valence-corrected chi connectivity index (χ0v) is 17.7. The Labute approximate surface area is 175 Å². The number of rotatable bonds is 7. The first kappa shape index (κ1) is 20.0. The van der Waals surface area contributed by atoms with E-state index in [0.29, 0.717) is 12.1 Å². The third-order valence-corrected chi connectivity index (χ3v) is 6.30. The Morgan fingerprint density at radius 2 is 2.14 bits per heavy atom. The molecule has 3 heterocycles. The SMILES string of the molecule is COC(=O)c1c(CN(Cc2cccs2)C[C@H]2CCCO2)nc2ccccc2c1C. The van der Waals surface area contributed by atoms with E-state index >= 15 is 0 Å². The van der Waals surface area contributed by atoms with Gasteiger partial charge in [0, 0.05) is 36.5 Å². The number of benzene rings is 1. The molecule has 1 aliphatic rings. The van der Waals surface area contributed by atoms with Crippen LogP contribution in [0.25, 0.3) is 10.9 Å². The highest BCUT2D eigenvalue weighted by Gasteiger charge is 2.24. The fraction of sp³-hybridized carbons (Fsp3) is 0.391. The van der Waals surface area contributed by atoms with Crippen LogP contribution < -0.4 is 0 Å². The molecule has 1 fully saturated rings. The van der Waals surface area contributed by atoms with Gasteiger partial charge in [-0.25, -0.2) is 4.79 Å². The maximum atomic E-state index is 12.6. The van der Waals surface area contributed by atoms with E-state index in [-0.39, 0.29) is 12.1 Å². The molecule has 1 atom stereocenters. The van der Waals surface area contributed by atoms with Crippen molar-refractivity contribution < 1.29 is 14.3 Å². The molecule has 1 aromatic carbocycles. The molecule has 29 heavy (non-hydrogen) atoms. The lowest BCUT2D eigenvalue weighted by Crippen LogP contribution is -2.32. The first-order chi connectivity index (χ1) is 14.2. The van der Waals surface area contributed by atoms with E-state index in [1.165, 1.54) is 12.0 Å². The molecule has 4 rings (SSSR count). The number of hydrogen-bond donors (Lipinski definition) is 0. The van der Waals surface area contributed by atoms with Gasteiger partial charge in [0.2, 0.25) is 0 Å². The summed E-state index contributed by atoms with van der Waals surface area (Å²) in [5.74, 6) is -0.330. The van der Waals surface area contributed by atoms with Crippen LogP contribution in [0.4, 0.5) is 0 Å². The lowest BCUT2D eigenvalue weighted by Gasteiger charge is -2.25. The fourth-order valence-corrected chi connectivity index (χ4v) is 4.77. The van der Waals surface area contributed by atoms with Gasteiger partial charge in [0.25, 0.3) is 0 Å². The molecule has 6 heteroatoms. The van der Waals surface area contributed by atoms with Crippen LogP contribution >= 0.6 is 11.3 Å². The number of para-hydroxylation sites is 1. The van der Waals surface area contributed by atoms with E-state index < -0.39 is 0 Å². The van der Waals surface area contributed by atoms with Crippen molar-refractivity contribution >= 4 is 28.2 Å². The Balaban J connectivity index is 1.70. The average molecular weight is 411 g/mol. The van der Waals surface area contributed by atoms with Crippen LogP contribution in [-0.4, -0.2) is 42.2 Å². The largest absolute Gasteiger partial charge is 0.465 e. The summed E-state index contributed by atoms with van der Waals surface area (Å²) >= 11 is 1.75. The van der Waals surface area contributed by atoms with Crippen molar-refractivity contribution in [1.82, 2.24) is 9.88 Å². The molecule has 0 aliphatic carbocycles. The highest BCUT2D eigenvalue weighted by molar-refractivity contribution is 7.09. The zero-order valence-electron chi connectivity index (χ0n) is 16.9. The monoisotopic (exact) mass is 410 g/mol. The van der Waals surface area contributed by atoms with Crippen molar-refractivity contribution in [3.63, 3.8) is 0 Å². The minimum Gasteiger partial charge on any atom is -0.465 e. The van der Waals surface area contributed by atoms with Crippen LogP contribution in [0.2, 0.25) is 0 Å². The average Bonchev–Trinajstić information content (AvgIpc) is 3.42. The van der Waals surface area contributed by atoms with Crippen LogP contribution in [0.1, 0.15) is 39.3 Å². The van der Waals surface area contributed by atoms with Gasteiger partial charge in [-0.15, -0.1) is 11.3 Å². The number of carbonyl (C=O) groups excluding carboxylic acids is 1. The number of pyridine rings is 1. The number of methoxy groups -OCH3 is 1. The van der Waals surface area contributed by atoms with Gasteiger partial charge in [-0.3, -0.25) is 9.88 Å². The molecule has 5 nitrogen and oxygen atoms in total. The van der Waals surface area contributed by atoms with Gasteiger partial charge < -0.3 is 9.47 Å². The number of fused-ring (bicyclic) bond motifs is 1. The molecule has 0 N–H and O–H groups in total. The van der Waals surface area contributed by atoms with E-state index in [0.717, 1.165) is 54.7 Å². The Kier molecular flexibility index (Phi) is 6.23. The van der Waals surface area contributed by atoms with Crippen molar-refractivity contribution in [2.45, 2.75) is 39.0 Å². The Bertz CT molecular complexity index is 981. The van der Waals surface area contributed by atoms with Gasteiger partial charge in [0.15, 0.2) is 0 Å². The number of esters is 1. The number of hydrogen-bond acceptors (Lipinski definition) is 6. The van der Waals surface area contributed by atoms with Crippen LogP contribution in [0, 0.1) is 6.92 Å². The molecule has 0 amide bonds. The number of ether oxygens (including phenoxy) is 2. The molecule has 0 spiro atoms. The van der Waals surface area contributed by atoms with E-state index in [2.05, 4.69) is 22.4 Å². The molecule has 3 aromatic rings. The summed E-state index contributed by atoms with van der Waals surface area (Å²) in [4.78, 5) is 21.1. The standard InChI is InChI=1S/C23H26N2O3S/c1-16-19-9-3-4-10-20(19)24-21(22(16)23(26)27-2)15-25(13-17-7-5-11-28-17)14-18-8-6-12-29-18/h3-4,6,8-10,12,17H,5,7,11,13-15H2,1-2H3/t17-/m1/s1. The van der Waals surface area contributed by atoms with Gasteiger partial charge in [-0.1, -0.05) is 24.3 Å². The molecular weight excluding hydrogens is 384 g/mol. The van der Waals surface area contributed by atoms with Gasteiger partial charge in [0.05, 0.1) is 30.0 Å². The molecule has 152 valence electrons. The molecule has 2 aromatic heterocycles. The lowest BCUT2D eigenvalue weighted by atomic mass is 10.0. The number of aromatic nitrogens is 1. The van der Waals surface area contributed by atoms with Crippen LogP contribution in [0.3, 0.4) is 0 Å². The Hall–Kier alpha value is -2.28. The van der Waals surface area contributed by atoms with Crippen LogP contribution in [-0.2, 0) is 22.6 Å². The maximum Gasteiger partial charge on any atom is 0.340 e. The molecule has 1 saturated heterocycles. The highest BCUT2D eigenvalue weighted by atomic mass is 32.1. The summed E-state index contributed by atoms with van der Waals surface area (Å²) in [6, 6.07) is 12.2. The smallest absolute Gasteiger partial charge is 0.340 e. The second-order valence-electron chi connectivity index (χ2n) is 7.45. The van der Waals surface area contributed by atoms with Crippen molar-refractivity contribution in [3.05, 3.63) is 63.5 Å². The van der Waals surface area contributed by atoms with Gasteiger partial charge >= 0.3 is 5.97 Å². The molecular formula is C23H26N2O3S. The van der Waals surface area contributed by atoms with Gasteiger partial charge in [-0.05, 0) is 42.8 Å². The quantitative estimate of drug-likeness (QED) is 0.534. The summed E-state index contributed by atoms with van der Waals surface area (Å²) in [6.45, 7) is 5.02. The van der Waals surface area contributed by atoms with E-state index in [4.69, 9.17) is 14.5 Å². The van der Waals surface area contributed by atoms with Crippen molar-refractivity contribution in [2.75, 3.05) is 20.3 Å². The van der Waals surface area contributed by atoms with E-state index in [1.807, 2.05) is 31.2 Å². The first-order valence-electron chi connectivity index (χ1n) is 9.98. The Morgan fingerprint density at radius 3 is 2.86 bits per heavy atom. The third-order valence-electron chi connectivity index (χ3n) is 5.44. The number of carbonyl (C=O) groups is 1. The van der Waals surface area contributed by atoms with Crippen molar-refractivity contribution in [1.29, 1.82) is 0 Å². The topological polar surface area (TPSA) is 51.7 Å². The van der Waals surface area contributed by atoms with Crippen LogP contribution in [0.15, 0.2) is 41.8 Å². The summed E-state index contributed by atoms with van der Waals surface area (Å²) in [7, 11) is 1.43. The minimum absolute atomic E-state index is 0.234. The van der Waals surface area contributed by atoms with E-state index in [9.17, 15) is 4.79 Å². The summed E-state index contributed by atoms with van der Waals surface area (Å²) in [5, 5.41) is 3.08. The molecule has 0 unspecified atom stereocenters.